The van der Waals surface area contributed by atoms with Gasteiger partial charge in [0.1, 0.15) is 17.3 Å². The number of ether oxygens (including phenoxy) is 2. The van der Waals surface area contributed by atoms with Crippen LogP contribution in [0.4, 0.5) is 5.69 Å². The smallest absolute Gasteiger partial charge is 0.300 e. The van der Waals surface area contributed by atoms with Gasteiger partial charge in [-0.2, -0.15) is 0 Å². The number of carbonyl (C=O) groups is 2. The first kappa shape index (κ1) is 23.5. The van der Waals surface area contributed by atoms with Crippen molar-refractivity contribution in [2.75, 3.05) is 19.1 Å². The van der Waals surface area contributed by atoms with E-state index in [-0.39, 0.29) is 16.9 Å². The molecule has 4 aromatic carbocycles. The van der Waals surface area contributed by atoms with Crippen molar-refractivity contribution in [3.05, 3.63) is 107 Å². The van der Waals surface area contributed by atoms with Gasteiger partial charge in [-0.15, -0.1) is 0 Å². The van der Waals surface area contributed by atoms with E-state index in [0.29, 0.717) is 27.8 Å². The van der Waals surface area contributed by atoms with E-state index in [1.54, 1.807) is 42.5 Å². The summed E-state index contributed by atoms with van der Waals surface area (Å²) in [6.45, 7) is 0. The molecule has 1 N–H and O–H groups in total. The van der Waals surface area contributed by atoms with Crippen LogP contribution in [0.2, 0.25) is 5.02 Å². The molecule has 1 saturated heterocycles. The second-order valence-electron chi connectivity index (χ2n) is 8.28. The second kappa shape index (κ2) is 9.40. The van der Waals surface area contributed by atoms with Crippen LogP contribution in [0.15, 0.2) is 90.5 Å². The van der Waals surface area contributed by atoms with E-state index in [2.05, 4.69) is 0 Å². The number of anilines is 1. The molecule has 1 atom stereocenters. The lowest BCUT2D eigenvalue weighted by Gasteiger charge is -2.26. The van der Waals surface area contributed by atoms with E-state index in [1.165, 1.54) is 19.1 Å². The summed E-state index contributed by atoms with van der Waals surface area (Å²) in [6.07, 6.45) is 0. The Kier molecular flexibility index (Phi) is 6.12. The molecular weight excluding hydrogens is 478 g/mol. The van der Waals surface area contributed by atoms with Crippen molar-refractivity contribution in [1.82, 2.24) is 0 Å². The Bertz CT molecular complexity index is 1520. The van der Waals surface area contributed by atoms with Crippen molar-refractivity contribution >= 4 is 45.5 Å². The first-order valence-electron chi connectivity index (χ1n) is 11.2. The molecule has 36 heavy (non-hydrogen) atoms. The Morgan fingerprint density at radius 1 is 0.889 bits per heavy atom. The highest BCUT2D eigenvalue weighted by molar-refractivity contribution is 6.52. The van der Waals surface area contributed by atoms with Crippen molar-refractivity contribution in [1.29, 1.82) is 0 Å². The lowest BCUT2D eigenvalue weighted by Crippen LogP contribution is -2.29. The fourth-order valence-corrected chi connectivity index (χ4v) is 4.75. The number of carbonyl (C=O) groups excluding carboxylic acids is 2. The second-order valence-corrected chi connectivity index (χ2v) is 8.72. The number of nitrogens with zero attached hydrogens (tertiary/aromatic N) is 1. The number of benzene rings is 4. The lowest BCUT2D eigenvalue weighted by atomic mass is 9.91. The molecule has 0 aromatic heterocycles. The summed E-state index contributed by atoms with van der Waals surface area (Å²) in [6, 6.07) is 24.0. The third-order valence-electron chi connectivity index (χ3n) is 6.33. The summed E-state index contributed by atoms with van der Waals surface area (Å²) in [7, 11) is 2.98. The van der Waals surface area contributed by atoms with E-state index in [9.17, 15) is 14.7 Å². The molecule has 1 unspecified atom stereocenters. The van der Waals surface area contributed by atoms with Crippen molar-refractivity contribution < 1.29 is 24.2 Å². The largest absolute Gasteiger partial charge is 0.507 e. The van der Waals surface area contributed by atoms with Gasteiger partial charge in [-0.25, -0.2) is 0 Å². The topological polar surface area (TPSA) is 76.1 Å². The number of amides is 1. The zero-order valence-electron chi connectivity index (χ0n) is 19.6. The van der Waals surface area contributed by atoms with Crippen LogP contribution in [0.25, 0.3) is 16.5 Å². The molecular formula is C29H22ClNO5. The first-order valence-corrected chi connectivity index (χ1v) is 11.6. The number of aliphatic hydroxyl groups is 1. The highest BCUT2D eigenvalue weighted by Crippen LogP contribution is 2.45. The minimum Gasteiger partial charge on any atom is -0.507 e. The van der Waals surface area contributed by atoms with Crippen molar-refractivity contribution in [2.24, 2.45) is 0 Å². The monoisotopic (exact) mass is 499 g/mol. The van der Waals surface area contributed by atoms with Gasteiger partial charge in [0.2, 0.25) is 0 Å². The number of rotatable bonds is 5. The summed E-state index contributed by atoms with van der Waals surface area (Å²) in [5.41, 5.74) is 1.43. The number of hydrogen-bond donors (Lipinski definition) is 1. The summed E-state index contributed by atoms with van der Waals surface area (Å²) in [5.74, 6) is -1.04. The summed E-state index contributed by atoms with van der Waals surface area (Å²) in [5, 5.41) is 13.8. The Morgan fingerprint density at radius 2 is 1.61 bits per heavy atom. The van der Waals surface area contributed by atoms with Crippen LogP contribution in [0, 0.1) is 0 Å². The van der Waals surface area contributed by atoms with Crippen molar-refractivity contribution in [3.63, 3.8) is 0 Å². The number of hydrogen-bond acceptors (Lipinski definition) is 5. The van der Waals surface area contributed by atoms with Gasteiger partial charge in [0.05, 0.1) is 31.4 Å². The lowest BCUT2D eigenvalue weighted by molar-refractivity contribution is -0.132. The maximum atomic E-state index is 13.5. The zero-order valence-corrected chi connectivity index (χ0v) is 20.3. The molecule has 1 amide bonds. The Labute approximate surface area is 212 Å². The van der Waals surface area contributed by atoms with E-state index in [0.717, 1.165) is 10.8 Å². The van der Waals surface area contributed by atoms with Crippen LogP contribution in [-0.4, -0.2) is 31.0 Å². The van der Waals surface area contributed by atoms with Crippen molar-refractivity contribution in [2.45, 2.75) is 6.04 Å². The van der Waals surface area contributed by atoms with Gasteiger partial charge in [0.15, 0.2) is 0 Å². The minimum absolute atomic E-state index is 0.0326. The van der Waals surface area contributed by atoms with Gasteiger partial charge < -0.3 is 14.6 Å². The van der Waals surface area contributed by atoms with Gasteiger partial charge in [-0.1, -0.05) is 54.1 Å². The van der Waals surface area contributed by atoms with Crippen LogP contribution in [0.1, 0.15) is 17.2 Å². The Hall–Kier alpha value is -4.29. The highest BCUT2D eigenvalue weighted by atomic mass is 35.5. The maximum Gasteiger partial charge on any atom is 0.300 e. The normalized spacial score (nSPS) is 17.0. The highest BCUT2D eigenvalue weighted by Gasteiger charge is 2.47. The predicted octanol–water partition coefficient (Wildman–Crippen LogP) is 6.14. The van der Waals surface area contributed by atoms with Gasteiger partial charge in [-0.05, 0) is 52.7 Å². The molecule has 4 aromatic rings. The fraction of sp³-hybridized carbons (Fsp3) is 0.103. The quantitative estimate of drug-likeness (QED) is 0.203. The van der Waals surface area contributed by atoms with Gasteiger partial charge in [0.25, 0.3) is 11.7 Å². The molecule has 5 rings (SSSR count). The molecule has 180 valence electrons. The molecule has 0 saturated carbocycles. The molecule has 7 heteroatoms. The summed E-state index contributed by atoms with van der Waals surface area (Å²) in [4.78, 5) is 28.4. The van der Waals surface area contributed by atoms with E-state index in [4.69, 9.17) is 21.1 Å². The average Bonchev–Trinajstić information content (AvgIpc) is 3.17. The number of methoxy groups -OCH3 is 2. The molecule has 0 aliphatic carbocycles. The Morgan fingerprint density at radius 3 is 2.33 bits per heavy atom. The SMILES string of the molecule is COc1ccc(/C(O)=C2\C(=O)C(=O)N(c3ccc(Cl)cc3)C2c2cccc3ccccc23)c(OC)c1. The van der Waals surface area contributed by atoms with E-state index < -0.39 is 17.7 Å². The van der Waals surface area contributed by atoms with Gasteiger partial charge >= 0.3 is 0 Å². The molecule has 0 radical (unpaired) electrons. The molecule has 0 spiro atoms. The van der Waals surface area contributed by atoms with Gasteiger partial charge in [-0.3, -0.25) is 14.5 Å². The number of Topliss-reactive ketones (excluding diaryl/α,β-unsaturated/α-hetero) is 1. The molecule has 1 aliphatic rings. The van der Waals surface area contributed by atoms with Crippen LogP contribution < -0.4 is 14.4 Å². The molecule has 1 heterocycles. The van der Waals surface area contributed by atoms with Gasteiger partial charge in [0, 0.05) is 16.8 Å². The summed E-state index contributed by atoms with van der Waals surface area (Å²) < 4.78 is 10.7. The first-order chi connectivity index (χ1) is 17.4. The minimum atomic E-state index is -0.885. The molecule has 0 bridgehead atoms. The fourth-order valence-electron chi connectivity index (χ4n) is 4.62. The van der Waals surface area contributed by atoms with Crippen LogP contribution in [-0.2, 0) is 9.59 Å². The van der Waals surface area contributed by atoms with E-state index >= 15 is 0 Å². The Balaban J connectivity index is 1.80. The standard InChI is InChI=1S/C29H22ClNO5/c1-35-20-14-15-23(24(16-20)36-2)27(32)25-26(22-9-5-7-17-6-3-4-8-21(17)22)31(29(34)28(25)33)19-12-10-18(30)11-13-19/h3-16,26,32H,1-2H3/b27-25+. The van der Waals surface area contributed by atoms with Crippen LogP contribution in [0.5, 0.6) is 11.5 Å². The molecule has 1 aliphatic heterocycles. The molecule has 1 fully saturated rings. The number of aliphatic hydroxyl groups excluding tert-OH is 1. The number of halogens is 1. The zero-order chi connectivity index (χ0) is 25.4. The third kappa shape index (κ3) is 3.85. The van der Waals surface area contributed by atoms with Crippen LogP contribution in [0.3, 0.4) is 0 Å². The van der Waals surface area contributed by atoms with Crippen LogP contribution >= 0.6 is 11.6 Å². The molecule has 6 nitrogen and oxygen atoms in total. The van der Waals surface area contributed by atoms with Crippen molar-refractivity contribution in [3.8, 4) is 11.5 Å². The van der Waals surface area contributed by atoms with E-state index in [1.807, 2.05) is 42.5 Å². The number of ketones is 1. The maximum absolute atomic E-state index is 13.5. The summed E-state index contributed by atoms with van der Waals surface area (Å²) >= 11 is 6.09. The number of fused-ring (bicyclic) bond motifs is 1. The third-order valence-corrected chi connectivity index (χ3v) is 6.58. The average molecular weight is 500 g/mol. The predicted molar refractivity (Wildman–Crippen MR) is 140 cm³/mol.